The standard InChI is InChI=1S/C15H19ClN2/c1-15(7-3-2-4-8-15)11-18-14-6-5-12(10-17)9-13(14)16/h5-6,9,18H,2-4,7-8,11H2,1H3. The van der Waals surface area contributed by atoms with Gasteiger partial charge in [-0.05, 0) is 36.5 Å². The van der Waals surface area contributed by atoms with Crippen LogP contribution >= 0.6 is 11.6 Å². The molecule has 1 aromatic rings. The zero-order chi connectivity index (χ0) is 13.0. The fourth-order valence-electron chi connectivity index (χ4n) is 2.62. The summed E-state index contributed by atoms with van der Waals surface area (Å²) in [6.45, 7) is 3.30. The van der Waals surface area contributed by atoms with E-state index >= 15 is 0 Å². The van der Waals surface area contributed by atoms with Crippen molar-refractivity contribution in [3.63, 3.8) is 0 Å². The number of benzene rings is 1. The predicted molar refractivity (Wildman–Crippen MR) is 75.8 cm³/mol. The lowest BCUT2D eigenvalue weighted by atomic mass is 9.76. The minimum atomic E-state index is 0.384. The molecule has 1 fully saturated rings. The number of anilines is 1. The maximum Gasteiger partial charge on any atom is 0.0992 e. The maximum atomic E-state index is 8.80. The van der Waals surface area contributed by atoms with Crippen molar-refractivity contribution in [2.75, 3.05) is 11.9 Å². The molecule has 1 saturated carbocycles. The first kappa shape index (κ1) is 13.2. The molecule has 0 radical (unpaired) electrons. The van der Waals surface area contributed by atoms with E-state index in [1.807, 2.05) is 6.07 Å². The van der Waals surface area contributed by atoms with E-state index in [9.17, 15) is 0 Å². The highest BCUT2D eigenvalue weighted by Gasteiger charge is 2.26. The van der Waals surface area contributed by atoms with Crippen LogP contribution in [0.25, 0.3) is 0 Å². The van der Waals surface area contributed by atoms with Gasteiger partial charge in [-0.25, -0.2) is 0 Å². The number of hydrogen-bond acceptors (Lipinski definition) is 2. The molecule has 1 aromatic carbocycles. The molecular formula is C15H19ClN2. The SMILES string of the molecule is CC1(CNc2ccc(C#N)cc2Cl)CCCCC1. The minimum absolute atomic E-state index is 0.384. The van der Waals surface area contributed by atoms with E-state index in [1.54, 1.807) is 12.1 Å². The average Bonchev–Trinajstić information content (AvgIpc) is 2.38. The Hall–Kier alpha value is -1.20. The third-order valence-corrected chi connectivity index (χ3v) is 4.18. The van der Waals surface area contributed by atoms with Crippen molar-refractivity contribution in [2.45, 2.75) is 39.0 Å². The lowest BCUT2D eigenvalue weighted by Crippen LogP contribution is -2.28. The summed E-state index contributed by atoms with van der Waals surface area (Å²) in [6.07, 6.45) is 6.60. The molecule has 0 saturated heterocycles. The number of nitrogens with zero attached hydrogens (tertiary/aromatic N) is 1. The highest BCUT2D eigenvalue weighted by Crippen LogP contribution is 2.36. The van der Waals surface area contributed by atoms with Gasteiger partial charge in [0.05, 0.1) is 22.3 Å². The van der Waals surface area contributed by atoms with Gasteiger partial charge < -0.3 is 5.32 Å². The molecule has 0 unspecified atom stereocenters. The van der Waals surface area contributed by atoms with Gasteiger partial charge in [-0.1, -0.05) is 37.8 Å². The first-order valence-electron chi connectivity index (χ1n) is 6.56. The summed E-state index contributed by atoms with van der Waals surface area (Å²) in [5.74, 6) is 0. The van der Waals surface area contributed by atoms with Gasteiger partial charge in [-0.3, -0.25) is 0 Å². The van der Waals surface area contributed by atoms with Gasteiger partial charge in [0, 0.05) is 6.54 Å². The fourth-order valence-corrected chi connectivity index (χ4v) is 2.87. The molecule has 3 heteroatoms. The van der Waals surface area contributed by atoms with Crippen molar-refractivity contribution >= 4 is 17.3 Å². The summed E-state index contributed by atoms with van der Waals surface area (Å²) in [7, 11) is 0. The minimum Gasteiger partial charge on any atom is -0.383 e. The monoisotopic (exact) mass is 262 g/mol. The van der Waals surface area contributed by atoms with Gasteiger partial charge in [0.2, 0.25) is 0 Å². The Morgan fingerprint density at radius 1 is 1.33 bits per heavy atom. The lowest BCUT2D eigenvalue weighted by Gasteiger charge is -2.34. The van der Waals surface area contributed by atoms with Crippen LogP contribution in [0.2, 0.25) is 5.02 Å². The molecule has 0 spiro atoms. The van der Waals surface area contributed by atoms with Crippen LogP contribution in [0.1, 0.15) is 44.6 Å². The summed E-state index contributed by atoms with van der Waals surface area (Å²) < 4.78 is 0. The van der Waals surface area contributed by atoms with Crippen LogP contribution < -0.4 is 5.32 Å². The van der Waals surface area contributed by atoms with Crippen LogP contribution in [0.15, 0.2) is 18.2 Å². The molecular weight excluding hydrogens is 244 g/mol. The normalized spacial score (nSPS) is 18.1. The van der Waals surface area contributed by atoms with Crippen molar-refractivity contribution in [1.82, 2.24) is 0 Å². The Balaban J connectivity index is 2.00. The summed E-state index contributed by atoms with van der Waals surface area (Å²) in [5, 5.41) is 12.9. The largest absolute Gasteiger partial charge is 0.383 e. The Kier molecular flexibility index (Phi) is 4.14. The Labute approximate surface area is 114 Å². The summed E-state index contributed by atoms with van der Waals surface area (Å²) in [6, 6.07) is 7.51. The van der Waals surface area contributed by atoms with Crippen LogP contribution in [0.3, 0.4) is 0 Å². The number of nitrogens with one attached hydrogen (secondary N) is 1. The smallest absolute Gasteiger partial charge is 0.0992 e. The third-order valence-electron chi connectivity index (χ3n) is 3.86. The summed E-state index contributed by atoms with van der Waals surface area (Å²) >= 11 is 6.16. The molecule has 2 rings (SSSR count). The van der Waals surface area contributed by atoms with Crippen molar-refractivity contribution in [3.8, 4) is 6.07 Å². The first-order valence-corrected chi connectivity index (χ1v) is 6.94. The third kappa shape index (κ3) is 3.17. The molecule has 0 bridgehead atoms. The molecule has 0 atom stereocenters. The Morgan fingerprint density at radius 3 is 2.67 bits per heavy atom. The molecule has 0 amide bonds. The summed E-state index contributed by atoms with van der Waals surface area (Å²) in [5.41, 5.74) is 1.92. The average molecular weight is 263 g/mol. The quantitative estimate of drug-likeness (QED) is 0.865. The topological polar surface area (TPSA) is 35.8 Å². The van der Waals surface area contributed by atoms with Crippen LogP contribution in [0, 0.1) is 16.7 Å². The Morgan fingerprint density at radius 2 is 2.06 bits per heavy atom. The van der Waals surface area contributed by atoms with E-state index in [-0.39, 0.29) is 0 Å². The van der Waals surface area contributed by atoms with Gasteiger partial charge >= 0.3 is 0 Å². The molecule has 96 valence electrons. The fraction of sp³-hybridized carbons (Fsp3) is 0.533. The number of nitriles is 1. The Bertz CT molecular complexity index is 456. The van der Waals surface area contributed by atoms with Crippen LogP contribution in [0.4, 0.5) is 5.69 Å². The van der Waals surface area contributed by atoms with Crippen molar-refractivity contribution in [1.29, 1.82) is 5.26 Å². The molecule has 18 heavy (non-hydrogen) atoms. The van der Waals surface area contributed by atoms with Gasteiger partial charge in [-0.15, -0.1) is 0 Å². The van der Waals surface area contributed by atoms with Crippen molar-refractivity contribution in [3.05, 3.63) is 28.8 Å². The molecule has 2 nitrogen and oxygen atoms in total. The van der Waals surface area contributed by atoms with Crippen LogP contribution in [0.5, 0.6) is 0 Å². The second-order valence-electron chi connectivity index (χ2n) is 5.53. The second kappa shape index (κ2) is 5.63. The van der Waals surface area contributed by atoms with Gasteiger partial charge in [0.25, 0.3) is 0 Å². The van der Waals surface area contributed by atoms with E-state index < -0.39 is 0 Å². The first-order chi connectivity index (χ1) is 8.63. The zero-order valence-corrected chi connectivity index (χ0v) is 11.6. The predicted octanol–water partition coefficient (Wildman–Crippen LogP) is 4.59. The van der Waals surface area contributed by atoms with Gasteiger partial charge in [0.1, 0.15) is 0 Å². The molecule has 1 N–H and O–H groups in total. The van der Waals surface area contributed by atoms with E-state index in [0.717, 1.165) is 12.2 Å². The molecule has 1 aliphatic carbocycles. The van der Waals surface area contributed by atoms with Gasteiger partial charge in [0.15, 0.2) is 0 Å². The zero-order valence-electron chi connectivity index (χ0n) is 10.8. The van der Waals surface area contributed by atoms with Gasteiger partial charge in [-0.2, -0.15) is 5.26 Å². The number of halogens is 1. The lowest BCUT2D eigenvalue weighted by molar-refractivity contribution is 0.233. The van der Waals surface area contributed by atoms with E-state index in [1.165, 1.54) is 32.1 Å². The molecule has 0 aliphatic heterocycles. The number of hydrogen-bond donors (Lipinski definition) is 1. The highest BCUT2D eigenvalue weighted by molar-refractivity contribution is 6.33. The van der Waals surface area contributed by atoms with Crippen LogP contribution in [-0.4, -0.2) is 6.54 Å². The molecule has 0 heterocycles. The van der Waals surface area contributed by atoms with Crippen molar-refractivity contribution in [2.24, 2.45) is 5.41 Å². The molecule has 1 aliphatic rings. The molecule has 0 aromatic heterocycles. The summed E-state index contributed by atoms with van der Waals surface area (Å²) in [4.78, 5) is 0. The highest BCUT2D eigenvalue weighted by atomic mass is 35.5. The van der Waals surface area contributed by atoms with E-state index in [0.29, 0.717) is 16.0 Å². The number of rotatable bonds is 3. The van der Waals surface area contributed by atoms with Crippen LogP contribution in [-0.2, 0) is 0 Å². The van der Waals surface area contributed by atoms with E-state index in [2.05, 4.69) is 18.3 Å². The van der Waals surface area contributed by atoms with E-state index in [4.69, 9.17) is 16.9 Å². The van der Waals surface area contributed by atoms with Crippen molar-refractivity contribution < 1.29 is 0 Å². The maximum absolute atomic E-state index is 8.80. The second-order valence-corrected chi connectivity index (χ2v) is 5.94.